The zero-order chi connectivity index (χ0) is 48.1. The molecule has 0 bridgehead atoms. The fourth-order valence-corrected chi connectivity index (χ4v) is 12.5. The molecular weight excluding hydrogens is 853 g/mol. The average Bonchev–Trinajstić information content (AvgIpc) is 4.04. The van der Waals surface area contributed by atoms with Crippen molar-refractivity contribution in [1.29, 1.82) is 0 Å². The smallest absolute Gasteiger partial charge is 0.160 e. The summed E-state index contributed by atoms with van der Waals surface area (Å²) in [6.07, 6.45) is 0. The van der Waals surface area contributed by atoms with E-state index in [2.05, 4.69) is 237 Å². The summed E-state index contributed by atoms with van der Waals surface area (Å²) >= 11 is 0. The molecule has 9 aromatic carbocycles. The Morgan fingerprint density at radius 3 is 1.11 bits per heavy atom. The molecule has 0 saturated heterocycles. The third kappa shape index (κ3) is 5.83. The zero-order valence-corrected chi connectivity index (χ0v) is 41.7. The summed E-state index contributed by atoms with van der Waals surface area (Å²) in [6.45, 7) is 22.9. The molecule has 0 aliphatic heterocycles. The van der Waals surface area contributed by atoms with Gasteiger partial charge in [-0.1, -0.05) is 136 Å². The molecule has 13 rings (SSSR count). The highest BCUT2D eigenvalue weighted by Crippen LogP contribution is 2.62. The van der Waals surface area contributed by atoms with Gasteiger partial charge in [0.1, 0.15) is 11.2 Å². The molecule has 0 N–H and O–H groups in total. The highest BCUT2D eigenvalue weighted by Gasteiger charge is 2.45. The first-order valence-electron chi connectivity index (χ1n) is 24.8. The van der Waals surface area contributed by atoms with E-state index >= 15 is 0 Å². The minimum atomic E-state index is -0.365. The molecule has 70 heavy (non-hydrogen) atoms. The second-order valence-electron chi connectivity index (χ2n) is 21.3. The van der Waals surface area contributed by atoms with Crippen molar-refractivity contribution < 1.29 is 8.83 Å². The fourth-order valence-electron chi connectivity index (χ4n) is 12.5. The lowest BCUT2D eigenvalue weighted by Gasteiger charge is -2.30. The van der Waals surface area contributed by atoms with Crippen LogP contribution in [0.2, 0.25) is 0 Å². The maximum atomic E-state index is 7.16. The van der Waals surface area contributed by atoms with E-state index in [4.69, 9.17) is 8.83 Å². The van der Waals surface area contributed by atoms with Gasteiger partial charge in [-0.2, -0.15) is 0 Å². The second kappa shape index (κ2) is 14.8. The Bertz CT molecular complexity index is 3780. The van der Waals surface area contributed by atoms with Crippen LogP contribution in [-0.4, -0.2) is 0 Å². The van der Waals surface area contributed by atoms with Crippen molar-refractivity contribution in [1.82, 2.24) is 0 Å². The minimum absolute atomic E-state index is 0.365. The van der Waals surface area contributed by atoms with Crippen LogP contribution in [0.25, 0.3) is 66.1 Å². The Balaban J connectivity index is 1.10. The molecule has 4 nitrogen and oxygen atoms in total. The largest absolute Gasteiger partial charge is 0.454 e. The molecule has 0 unspecified atom stereocenters. The Morgan fingerprint density at radius 2 is 0.714 bits per heavy atom. The highest BCUT2D eigenvalue weighted by molar-refractivity contribution is 6.22. The molecule has 2 heterocycles. The van der Waals surface area contributed by atoms with E-state index in [1.165, 1.54) is 88.7 Å². The molecule has 2 aliphatic rings. The Morgan fingerprint density at radius 1 is 0.343 bits per heavy atom. The van der Waals surface area contributed by atoms with Crippen molar-refractivity contribution in [2.24, 2.45) is 0 Å². The molecule has 0 saturated carbocycles. The maximum Gasteiger partial charge on any atom is 0.160 e. The standard InChI is InChI=1S/C66H56N2O2/c1-37-27-29-53(41(5)31-37)67(51-23-15-11-19-39(51)3)55-35-49-59(61-43-21-13-17-25-57(43)69-63(55)61)45-33-48-46(34-47(45)65(49,7)8)60-50(66(48,9)10)36-56(64-62(60)44-22-14-18-26-58(44)70-64)68(52-24-16-12-20-40(52)4)54-30-28-38(2)32-42(54)6/h11-36H,1-10H3. The number of fused-ring (bicyclic) bond motifs is 14. The normalized spacial score (nSPS) is 14.1. The van der Waals surface area contributed by atoms with Gasteiger partial charge in [0.05, 0.1) is 11.4 Å². The van der Waals surface area contributed by atoms with Crippen molar-refractivity contribution in [3.8, 4) is 22.3 Å². The van der Waals surface area contributed by atoms with E-state index in [9.17, 15) is 0 Å². The van der Waals surface area contributed by atoms with E-state index < -0.39 is 0 Å². The van der Waals surface area contributed by atoms with Crippen molar-refractivity contribution in [3.05, 3.63) is 213 Å². The molecule has 2 aliphatic carbocycles. The lowest BCUT2D eigenvalue weighted by atomic mass is 9.79. The van der Waals surface area contributed by atoms with Crippen LogP contribution < -0.4 is 9.80 Å². The van der Waals surface area contributed by atoms with Crippen molar-refractivity contribution in [3.63, 3.8) is 0 Å². The number of hydrogen-bond donors (Lipinski definition) is 0. The number of hydrogen-bond acceptors (Lipinski definition) is 4. The van der Waals surface area contributed by atoms with E-state index in [1.54, 1.807) is 0 Å². The van der Waals surface area contributed by atoms with Gasteiger partial charge in [0.2, 0.25) is 0 Å². The van der Waals surface area contributed by atoms with Crippen LogP contribution in [0.3, 0.4) is 0 Å². The molecule has 0 radical (unpaired) electrons. The predicted molar refractivity (Wildman–Crippen MR) is 294 cm³/mol. The van der Waals surface area contributed by atoms with Crippen LogP contribution in [0.5, 0.6) is 0 Å². The number of anilines is 6. The van der Waals surface area contributed by atoms with Crippen LogP contribution in [0.4, 0.5) is 34.1 Å². The Kier molecular flexibility index (Phi) is 8.97. The summed E-state index contributed by atoms with van der Waals surface area (Å²) in [6, 6.07) is 58.3. The van der Waals surface area contributed by atoms with Gasteiger partial charge in [-0.3, -0.25) is 0 Å². The summed E-state index contributed by atoms with van der Waals surface area (Å²) in [4.78, 5) is 4.90. The number of furan rings is 2. The monoisotopic (exact) mass is 908 g/mol. The van der Waals surface area contributed by atoms with Gasteiger partial charge in [0.25, 0.3) is 0 Å². The molecule has 4 heteroatoms. The van der Waals surface area contributed by atoms with Gasteiger partial charge < -0.3 is 18.6 Å². The lowest BCUT2D eigenvalue weighted by molar-refractivity contribution is 0.650. The number of rotatable bonds is 6. The minimum Gasteiger partial charge on any atom is -0.454 e. The van der Waals surface area contributed by atoms with Gasteiger partial charge in [-0.25, -0.2) is 0 Å². The third-order valence-electron chi connectivity index (χ3n) is 16.0. The van der Waals surface area contributed by atoms with Crippen molar-refractivity contribution in [2.75, 3.05) is 9.80 Å². The van der Waals surface area contributed by atoms with E-state index in [0.717, 1.165) is 67.2 Å². The molecular formula is C66H56N2O2. The first-order valence-corrected chi connectivity index (χ1v) is 24.8. The number of aryl methyl sites for hydroxylation is 6. The molecule has 0 spiro atoms. The first kappa shape index (κ1) is 42.3. The van der Waals surface area contributed by atoms with Crippen LogP contribution in [0.15, 0.2) is 167 Å². The van der Waals surface area contributed by atoms with Crippen LogP contribution in [0, 0.1) is 41.5 Å². The summed E-state index contributed by atoms with van der Waals surface area (Å²) in [5.41, 5.74) is 27.1. The van der Waals surface area contributed by atoms with Gasteiger partial charge in [-0.15, -0.1) is 0 Å². The summed E-state index contributed by atoms with van der Waals surface area (Å²) in [5.74, 6) is 0. The average molecular weight is 909 g/mol. The summed E-state index contributed by atoms with van der Waals surface area (Å²) < 4.78 is 14.3. The number of benzene rings is 9. The van der Waals surface area contributed by atoms with Gasteiger partial charge in [0.15, 0.2) is 11.2 Å². The molecule has 0 amide bonds. The molecule has 11 aromatic rings. The molecule has 0 atom stereocenters. The van der Waals surface area contributed by atoms with Crippen molar-refractivity contribution in [2.45, 2.75) is 80.1 Å². The molecule has 342 valence electrons. The first-order chi connectivity index (χ1) is 33.7. The lowest BCUT2D eigenvalue weighted by Crippen LogP contribution is -2.18. The van der Waals surface area contributed by atoms with Gasteiger partial charge >= 0.3 is 0 Å². The van der Waals surface area contributed by atoms with E-state index in [0.29, 0.717) is 0 Å². The molecule has 2 aromatic heterocycles. The highest BCUT2D eigenvalue weighted by atomic mass is 16.3. The Hall–Kier alpha value is -7.82. The fraction of sp³-hybridized carbons (Fsp3) is 0.182. The third-order valence-corrected chi connectivity index (χ3v) is 16.0. The maximum absolute atomic E-state index is 7.16. The van der Waals surface area contributed by atoms with Gasteiger partial charge in [-0.05, 0) is 169 Å². The van der Waals surface area contributed by atoms with Crippen molar-refractivity contribution >= 4 is 78.0 Å². The van der Waals surface area contributed by atoms with Crippen LogP contribution >= 0.6 is 0 Å². The summed E-state index contributed by atoms with van der Waals surface area (Å²) in [5, 5.41) is 4.59. The number of nitrogens with zero attached hydrogens (tertiary/aromatic N) is 2. The summed E-state index contributed by atoms with van der Waals surface area (Å²) in [7, 11) is 0. The van der Waals surface area contributed by atoms with E-state index in [1.807, 2.05) is 0 Å². The van der Waals surface area contributed by atoms with E-state index in [-0.39, 0.29) is 10.8 Å². The van der Waals surface area contributed by atoms with Gasteiger partial charge in [0, 0.05) is 55.1 Å². The number of para-hydroxylation sites is 4. The SMILES string of the molecule is Cc1ccc(N(c2ccccc2C)c2cc3c(c4c2oc2ccccc24)-c2cc4c(cc2C3(C)C)-c2c(cc(N(c3ccccc3C)c3ccc(C)cc3C)c3oc5ccccc5c23)C4(C)C)c(C)c1. The quantitative estimate of drug-likeness (QED) is 0.166. The topological polar surface area (TPSA) is 32.8 Å². The zero-order valence-electron chi connectivity index (χ0n) is 41.7. The Labute approximate surface area is 410 Å². The predicted octanol–water partition coefficient (Wildman–Crippen LogP) is 18.9. The van der Waals surface area contributed by atoms with Crippen LogP contribution in [-0.2, 0) is 10.8 Å². The molecule has 0 fully saturated rings. The van der Waals surface area contributed by atoms with Crippen LogP contribution in [0.1, 0.15) is 83.3 Å². The second-order valence-corrected chi connectivity index (χ2v) is 21.3.